The fourth-order valence-corrected chi connectivity index (χ4v) is 2.88. The third-order valence-electron chi connectivity index (χ3n) is 4.34. The van der Waals surface area contributed by atoms with Crippen LogP contribution in [0, 0.1) is 12.8 Å². The van der Waals surface area contributed by atoms with Gasteiger partial charge in [-0.2, -0.15) is 0 Å². The molecule has 130 valence electrons. The van der Waals surface area contributed by atoms with Gasteiger partial charge in [-0.3, -0.25) is 9.59 Å². The van der Waals surface area contributed by atoms with Crippen LogP contribution in [0.25, 0.3) is 0 Å². The first kappa shape index (κ1) is 16.7. The number of hydrogen-bond acceptors (Lipinski definition) is 3. The second-order valence-corrected chi connectivity index (χ2v) is 6.35. The maximum absolute atomic E-state index is 12.4. The summed E-state index contributed by atoms with van der Waals surface area (Å²) < 4.78 is 29.6. The summed E-state index contributed by atoms with van der Waals surface area (Å²) in [6.07, 6.45) is -0.296. The molecule has 24 heavy (non-hydrogen) atoms. The summed E-state index contributed by atoms with van der Waals surface area (Å²) in [5, 5.41) is 2.75. The Balaban J connectivity index is 1.62. The van der Waals surface area contributed by atoms with Gasteiger partial charge in [-0.05, 0) is 31.4 Å². The molecule has 3 rings (SSSR count). The molecular weight excluding hydrogens is 318 g/mol. The maximum Gasteiger partial charge on any atom is 0.272 e. The molecule has 0 bridgehead atoms. The molecule has 1 saturated heterocycles. The molecule has 0 radical (unpaired) electrons. The number of hydrogen-bond donors (Lipinski definition) is 1. The zero-order chi connectivity index (χ0) is 17.3. The Morgan fingerprint density at radius 3 is 2.83 bits per heavy atom. The standard InChI is InChI=1S/C17H20F2N2O3/c1-10-2-3-12(7-14(10)24-9-15(18)19)20-17(23)11-6-16(22)21(8-11)13-4-5-13/h2-3,7,11,13,15H,4-6,8-9H2,1H3,(H,20,23)/t11-/m1/s1. The van der Waals surface area contributed by atoms with Gasteiger partial charge >= 0.3 is 0 Å². The number of nitrogens with zero attached hydrogens (tertiary/aromatic N) is 1. The van der Waals surface area contributed by atoms with E-state index in [-0.39, 0.29) is 24.2 Å². The largest absolute Gasteiger partial charge is 0.487 e. The highest BCUT2D eigenvalue weighted by Gasteiger charge is 2.41. The number of nitrogens with one attached hydrogen (secondary N) is 1. The lowest BCUT2D eigenvalue weighted by atomic mass is 10.1. The van der Waals surface area contributed by atoms with Crippen LogP contribution >= 0.6 is 0 Å². The van der Waals surface area contributed by atoms with Crippen LogP contribution in [0.3, 0.4) is 0 Å². The van der Waals surface area contributed by atoms with Crippen LogP contribution in [-0.4, -0.2) is 42.3 Å². The third-order valence-corrected chi connectivity index (χ3v) is 4.34. The molecule has 0 spiro atoms. The van der Waals surface area contributed by atoms with Gasteiger partial charge in [0.15, 0.2) is 0 Å². The van der Waals surface area contributed by atoms with E-state index in [4.69, 9.17) is 4.74 Å². The zero-order valence-corrected chi connectivity index (χ0v) is 13.4. The fraction of sp³-hybridized carbons (Fsp3) is 0.529. The highest BCUT2D eigenvalue weighted by Crippen LogP contribution is 2.33. The smallest absolute Gasteiger partial charge is 0.272 e. The lowest BCUT2D eigenvalue weighted by Crippen LogP contribution is -2.29. The van der Waals surface area contributed by atoms with Crippen molar-refractivity contribution >= 4 is 17.5 Å². The van der Waals surface area contributed by atoms with E-state index in [2.05, 4.69) is 5.32 Å². The highest BCUT2D eigenvalue weighted by molar-refractivity contribution is 5.97. The average Bonchev–Trinajstić information content (AvgIpc) is 3.30. The van der Waals surface area contributed by atoms with Crippen LogP contribution < -0.4 is 10.1 Å². The molecule has 1 heterocycles. The summed E-state index contributed by atoms with van der Waals surface area (Å²) >= 11 is 0. The molecule has 2 amide bonds. The molecule has 1 aromatic rings. The molecule has 1 aliphatic heterocycles. The van der Waals surface area contributed by atoms with Crippen molar-refractivity contribution in [2.45, 2.75) is 38.7 Å². The molecule has 1 N–H and O–H groups in total. The topological polar surface area (TPSA) is 58.6 Å². The normalized spacial score (nSPS) is 20.6. The fourth-order valence-electron chi connectivity index (χ4n) is 2.88. The second kappa shape index (κ2) is 6.75. The Morgan fingerprint density at radius 2 is 2.17 bits per heavy atom. The van der Waals surface area contributed by atoms with Crippen molar-refractivity contribution < 1.29 is 23.1 Å². The zero-order valence-electron chi connectivity index (χ0n) is 13.4. The van der Waals surface area contributed by atoms with Gasteiger partial charge in [-0.15, -0.1) is 0 Å². The van der Waals surface area contributed by atoms with Crippen LogP contribution in [0.5, 0.6) is 5.75 Å². The summed E-state index contributed by atoms with van der Waals surface area (Å²) in [6, 6.07) is 5.24. The van der Waals surface area contributed by atoms with E-state index in [0.717, 1.165) is 12.8 Å². The van der Waals surface area contributed by atoms with E-state index in [9.17, 15) is 18.4 Å². The quantitative estimate of drug-likeness (QED) is 0.867. The lowest BCUT2D eigenvalue weighted by molar-refractivity contribution is -0.128. The van der Waals surface area contributed by atoms with E-state index in [1.54, 1.807) is 24.0 Å². The first-order chi connectivity index (χ1) is 11.4. The summed E-state index contributed by atoms with van der Waals surface area (Å²) in [5.74, 6) is -0.252. The molecule has 0 unspecified atom stereocenters. The average molecular weight is 338 g/mol. The van der Waals surface area contributed by atoms with Crippen LogP contribution in [0.15, 0.2) is 18.2 Å². The molecule has 1 aliphatic carbocycles. The minimum atomic E-state index is -2.56. The molecule has 1 aromatic carbocycles. The second-order valence-electron chi connectivity index (χ2n) is 6.35. The van der Waals surface area contributed by atoms with Crippen LogP contribution in [0.4, 0.5) is 14.5 Å². The van der Waals surface area contributed by atoms with Gasteiger partial charge in [0.05, 0.1) is 5.92 Å². The number of likely N-dealkylation sites (tertiary alicyclic amines) is 1. The molecular formula is C17H20F2N2O3. The summed E-state index contributed by atoms with van der Waals surface area (Å²) in [4.78, 5) is 26.1. The number of aryl methyl sites for hydroxylation is 1. The highest BCUT2D eigenvalue weighted by atomic mass is 19.3. The Labute approximate surface area is 139 Å². The first-order valence-electron chi connectivity index (χ1n) is 8.06. The number of halogens is 2. The number of amides is 2. The SMILES string of the molecule is Cc1ccc(NC(=O)[C@@H]2CC(=O)N(C3CC3)C2)cc1OCC(F)F. The molecule has 2 fully saturated rings. The molecule has 1 atom stereocenters. The number of carbonyl (C=O) groups is 2. The van der Waals surface area contributed by atoms with Gasteiger partial charge in [0, 0.05) is 30.8 Å². The third kappa shape index (κ3) is 3.83. The van der Waals surface area contributed by atoms with Crippen molar-refractivity contribution in [3.63, 3.8) is 0 Å². The molecule has 7 heteroatoms. The number of benzene rings is 1. The number of anilines is 1. The van der Waals surface area contributed by atoms with Crippen molar-refractivity contribution in [1.82, 2.24) is 4.90 Å². The van der Waals surface area contributed by atoms with E-state index in [1.807, 2.05) is 0 Å². The van der Waals surface area contributed by atoms with Gasteiger partial charge < -0.3 is 15.0 Å². The van der Waals surface area contributed by atoms with Crippen LogP contribution in [0.2, 0.25) is 0 Å². The number of rotatable bonds is 6. The van der Waals surface area contributed by atoms with Crippen molar-refractivity contribution in [3.05, 3.63) is 23.8 Å². The van der Waals surface area contributed by atoms with Gasteiger partial charge in [0.25, 0.3) is 6.43 Å². The minimum Gasteiger partial charge on any atom is -0.487 e. The van der Waals surface area contributed by atoms with Crippen molar-refractivity contribution in [1.29, 1.82) is 0 Å². The number of carbonyl (C=O) groups excluding carboxylic acids is 2. The Kier molecular flexibility index (Phi) is 4.69. The van der Waals surface area contributed by atoms with E-state index in [0.29, 0.717) is 29.6 Å². The van der Waals surface area contributed by atoms with Crippen molar-refractivity contribution in [2.24, 2.45) is 5.92 Å². The van der Waals surface area contributed by atoms with Crippen LogP contribution in [0.1, 0.15) is 24.8 Å². The monoisotopic (exact) mass is 338 g/mol. The summed E-state index contributed by atoms with van der Waals surface area (Å²) in [6.45, 7) is 1.51. The molecule has 1 saturated carbocycles. The lowest BCUT2D eigenvalue weighted by Gasteiger charge is -2.16. The Morgan fingerprint density at radius 1 is 1.42 bits per heavy atom. The number of alkyl halides is 2. The van der Waals surface area contributed by atoms with Gasteiger partial charge in [-0.25, -0.2) is 8.78 Å². The molecule has 5 nitrogen and oxygen atoms in total. The van der Waals surface area contributed by atoms with E-state index >= 15 is 0 Å². The first-order valence-corrected chi connectivity index (χ1v) is 8.06. The maximum atomic E-state index is 12.4. The predicted octanol–water partition coefficient (Wildman–Crippen LogP) is 2.59. The van der Waals surface area contributed by atoms with Crippen LogP contribution in [-0.2, 0) is 9.59 Å². The number of ether oxygens (including phenoxy) is 1. The predicted molar refractivity (Wildman–Crippen MR) is 84.1 cm³/mol. The minimum absolute atomic E-state index is 0.0301. The molecule has 0 aromatic heterocycles. The van der Waals surface area contributed by atoms with Gasteiger partial charge in [-0.1, -0.05) is 6.07 Å². The molecule has 2 aliphatic rings. The van der Waals surface area contributed by atoms with Crippen molar-refractivity contribution in [2.75, 3.05) is 18.5 Å². The summed E-state index contributed by atoms with van der Waals surface area (Å²) in [5.41, 5.74) is 1.19. The Hall–Kier alpha value is -2.18. The van der Waals surface area contributed by atoms with E-state index in [1.165, 1.54) is 6.07 Å². The van der Waals surface area contributed by atoms with Gasteiger partial charge in [0.1, 0.15) is 12.4 Å². The van der Waals surface area contributed by atoms with E-state index < -0.39 is 13.0 Å². The Bertz CT molecular complexity index is 647. The van der Waals surface area contributed by atoms with Crippen molar-refractivity contribution in [3.8, 4) is 5.75 Å². The summed E-state index contributed by atoms with van der Waals surface area (Å²) in [7, 11) is 0. The van der Waals surface area contributed by atoms with Gasteiger partial charge in [0.2, 0.25) is 11.8 Å².